The van der Waals surface area contributed by atoms with Crippen LogP contribution in [0.2, 0.25) is 5.02 Å². The Kier molecular flexibility index (Phi) is 16.1. The predicted octanol–water partition coefficient (Wildman–Crippen LogP) is 10.7. The standard InChI is InChI=1S/C37H51ClN2O2/c1-3-4-5-6-7-8-9-10-11-12-13-14-15-16-25-42-37-23-22-34(28-36(37)38)30-40(31(2)41)35-21-17-19-32(27-35)26-33-20-18-24-39-29-33/h17-24,27-29H,3-16,25-26,30H2,1-2H3. The van der Waals surface area contributed by atoms with Crippen molar-refractivity contribution in [2.45, 2.75) is 117 Å². The van der Waals surface area contributed by atoms with Crippen LogP contribution in [-0.2, 0) is 17.8 Å². The van der Waals surface area contributed by atoms with Crippen molar-refractivity contribution in [3.8, 4) is 5.75 Å². The molecule has 0 saturated carbocycles. The topological polar surface area (TPSA) is 42.4 Å². The average Bonchev–Trinajstić information content (AvgIpc) is 2.99. The Morgan fingerprint density at radius 3 is 2.00 bits per heavy atom. The summed E-state index contributed by atoms with van der Waals surface area (Å²) in [5.74, 6) is 0.700. The molecule has 1 heterocycles. The number of benzene rings is 2. The third kappa shape index (κ3) is 13.0. The van der Waals surface area contributed by atoms with Crippen LogP contribution in [0.15, 0.2) is 67.0 Å². The van der Waals surface area contributed by atoms with Gasteiger partial charge in [-0.15, -0.1) is 0 Å². The van der Waals surface area contributed by atoms with Gasteiger partial charge in [0.05, 0.1) is 18.2 Å². The predicted molar refractivity (Wildman–Crippen MR) is 178 cm³/mol. The lowest BCUT2D eigenvalue weighted by Crippen LogP contribution is -2.27. The molecule has 0 unspecified atom stereocenters. The van der Waals surface area contributed by atoms with Gasteiger partial charge in [0.1, 0.15) is 5.75 Å². The van der Waals surface area contributed by atoms with Crippen molar-refractivity contribution in [3.05, 3.63) is 88.7 Å². The van der Waals surface area contributed by atoms with Crippen molar-refractivity contribution >= 4 is 23.2 Å². The van der Waals surface area contributed by atoms with E-state index in [0.29, 0.717) is 23.9 Å². The lowest BCUT2D eigenvalue weighted by Gasteiger charge is -2.22. The van der Waals surface area contributed by atoms with E-state index >= 15 is 0 Å². The number of carbonyl (C=O) groups is 1. The highest BCUT2D eigenvalue weighted by Crippen LogP contribution is 2.28. The molecule has 0 aliphatic carbocycles. The largest absolute Gasteiger partial charge is 0.492 e. The lowest BCUT2D eigenvalue weighted by molar-refractivity contribution is -0.116. The summed E-state index contributed by atoms with van der Waals surface area (Å²) in [5.41, 5.74) is 4.12. The number of halogens is 1. The van der Waals surface area contributed by atoms with Crippen molar-refractivity contribution in [2.75, 3.05) is 11.5 Å². The maximum Gasteiger partial charge on any atom is 0.224 e. The van der Waals surface area contributed by atoms with Gasteiger partial charge in [-0.2, -0.15) is 0 Å². The first-order valence-corrected chi connectivity index (χ1v) is 16.6. The minimum Gasteiger partial charge on any atom is -0.492 e. The number of hydrogen-bond donors (Lipinski definition) is 0. The van der Waals surface area contributed by atoms with E-state index in [1.54, 1.807) is 18.0 Å². The van der Waals surface area contributed by atoms with E-state index < -0.39 is 0 Å². The number of amides is 1. The van der Waals surface area contributed by atoms with Crippen LogP contribution in [0, 0.1) is 0 Å². The van der Waals surface area contributed by atoms with Gasteiger partial charge >= 0.3 is 0 Å². The maximum absolute atomic E-state index is 12.6. The summed E-state index contributed by atoms with van der Waals surface area (Å²) in [6.07, 6.45) is 23.2. The molecule has 3 aromatic rings. The van der Waals surface area contributed by atoms with Crippen LogP contribution in [0.5, 0.6) is 5.75 Å². The molecule has 0 radical (unpaired) electrons. The Morgan fingerprint density at radius 1 is 0.762 bits per heavy atom. The second kappa shape index (κ2) is 20.1. The van der Waals surface area contributed by atoms with E-state index in [9.17, 15) is 4.79 Å². The van der Waals surface area contributed by atoms with Crippen molar-refractivity contribution in [1.82, 2.24) is 4.98 Å². The highest BCUT2D eigenvalue weighted by molar-refractivity contribution is 6.32. The molecule has 0 N–H and O–H groups in total. The molecule has 1 aromatic heterocycles. The minimum atomic E-state index is -0.0113. The number of pyridine rings is 1. The molecule has 0 aliphatic rings. The summed E-state index contributed by atoms with van der Waals surface area (Å²) in [7, 11) is 0. The van der Waals surface area contributed by atoms with Gasteiger partial charge in [-0.3, -0.25) is 9.78 Å². The smallest absolute Gasteiger partial charge is 0.224 e. The number of hydrogen-bond acceptors (Lipinski definition) is 3. The van der Waals surface area contributed by atoms with E-state index in [4.69, 9.17) is 16.3 Å². The first-order chi connectivity index (χ1) is 20.6. The zero-order valence-corrected chi connectivity index (χ0v) is 26.7. The number of unbranched alkanes of at least 4 members (excludes halogenated alkanes) is 13. The van der Waals surface area contributed by atoms with Crippen LogP contribution < -0.4 is 9.64 Å². The van der Waals surface area contributed by atoms with Gasteiger partial charge in [0.2, 0.25) is 5.91 Å². The molecule has 0 fully saturated rings. The summed E-state index contributed by atoms with van der Waals surface area (Å²) in [6.45, 7) is 5.01. The molecule has 0 saturated heterocycles. The van der Waals surface area contributed by atoms with Gasteiger partial charge in [-0.1, -0.05) is 126 Å². The first-order valence-electron chi connectivity index (χ1n) is 16.2. The molecule has 0 spiro atoms. The van der Waals surface area contributed by atoms with Crippen LogP contribution in [-0.4, -0.2) is 17.5 Å². The Labute approximate surface area is 259 Å². The second-order valence-corrected chi connectivity index (χ2v) is 11.9. The Bertz CT molecular complexity index is 1170. The number of aromatic nitrogens is 1. The van der Waals surface area contributed by atoms with E-state index in [2.05, 4.69) is 30.1 Å². The van der Waals surface area contributed by atoms with Gasteiger partial charge in [0.25, 0.3) is 0 Å². The highest BCUT2D eigenvalue weighted by Gasteiger charge is 2.14. The zero-order valence-electron chi connectivity index (χ0n) is 26.0. The minimum absolute atomic E-state index is 0.0113. The lowest BCUT2D eigenvalue weighted by atomic mass is 10.0. The molecule has 42 heavy (non-hydrogen) atoms. The summed E-state index contributed by atoms with van der Waals surface area (Å²) in [6, 6.07) is 18.0. The quantitative estimate of drug-likeness (QED) is 0.116. The van der Waals surface area contributed by atoms with Crippen molar-refractivity contribution in [1.29, 1.82) is 0 Å². The fourth-order valence-corrected chi connectivity index (χ4v) is 5.64. The monoisotopic (exact) mass is 590 g/mol. The van der Waals surface area contributed by atoms with Gasteiger partial charge in [0.15, 0.2) is 0 Å². The van der Waals surface area contributed by atoms with Crippen LogP contribution in [0.25, 0.3) is 0 Å². The van der Waals surface area contributed by atoms with Gasteiger partial charge in [-0.05, 0) is 59.9 Å². The summed E-state index contributed by atoms with van der Waals surface area (Å²) in [4.78, 5) is 18.6. The zero-order chi connectivity index (χ0) is 29.8. The van der Waals surface area contributed by atoms with Crippen molar-refractivity contribution in [3.63, 3.8) is 0 Å². The number of carbonyl (C=O) groups excluding carboxylic acids is 1. The second-order valence-electron chi connectivity index (χ2n) is 11.5. The van der Waals surface area contributed by atoms with E-state index in [0.717, 1.165) is 35.2 Å². The number of nitrogens with zero attached hydrogens (tertiary/aromatic N) is 2. The molecular formula is C37H51ClN2O2. The molecule has 1 amide bonds. The van der Waals surface area contributed by atoms with Gasteiger partial charge in [0, 0.05) is 25.0 Å². The SMILES string of the molecule is CCCCCCCCCCCCCCCCOc1ccc(CN(C(C)=O)c2cccc(Cc3cccnc3)c2)cc1Cl. The molecule has 5 heteroatoms. The summed E-state index contributed by atoms with van der Waals surface area (Å²) >= 11 is 6.58. The van der Waals surface area contributed by atoms with Gasteiger partial charge < -0.3 is 9.64 Å². The third-order valence-corrected chi connectivity index (χ3v) is 8.12. The molecular weight excluding hydrogens is 540 g/mol. The number of anilines is 1. The Hall–Kier alpha value is -2.85. The van der Waals surface area contributed by atoms with Crippen molar-refractivity contribution in [2.24, 2.45) is 0 Å². The Morgan fingerprint density at radius 2 is 1.40 bits per heavy atom. The molecule has 0 aliphatic heterocycles. The van der Waals surface area contributed by atoms with E-state index in [1.807, 2.05) is 42.6 Å². The molecule has 228 valence electrons. The van der Waals surface area contributed by atoms with Crippen LogP contribution >= 0.6 is 11.6 Å². The molecule has 0 atom stereocenters. The van der Waals surface area contributed by atoms with Crippen molar-refractivity contribution < 1.29 is 9.53 Å². The fourth-order valence-electron chi connectivity index (χ4n) is 5.38. The maximum atomic E-state index is 12.6. The summed E-state index contributed by atoms with van der Waals surface area (Å²) < 4.78 is 5.99. The first kappa shape index (κ1) is 33.6. The highest BCUT2D eigenvalue weighted by atomic mass is 35.5. The average molecular weight is 591 g/mol. The van der Waals surface area contributed by atoms with Crippen LogP contribution in [0.3, 0.4) is 0 Å². The number of ether oxygens (including phenoxy) is 1. The Balaban J connectivity index is 1.34. The van der Waals surface area contributed by atoms with E-state index in [-0.39, 0.29) is 5.91 Å². The normalized spacial score (nSPS) is 11.0. The third-order valence-electron chi connectivity index (χ3n) is 7.83. The summed E-state index contributed by atoms with van der Waals surface area (Å²) in [5, 5.41) is 0.590. The van der Waals surface area contributed by atoms with Crippen LogP contribution in [0.1, 0.15) is 120 Å². The molecule has 3 rings (SSSR count). The number of rotatable bonds is 21. The molecule has 0 bridgehead atoms. The molecule has 4 nitrogen and oxygen atoms in total. The van der Waals surface area contributed by atoms with Gasteiger partial charge in [-0.25, -0.2) is 0 Å². The van der Waals surface area contributed by atoms with Crippen LogP contribution in [0.4, 0.5) is 5.69 Å². The fraction of sp³-hybridized carbons (Fsp3) is 0.514. The molecule has 2 aromatic carbocycles. The van der Waals surface area contributed by atoms with E-state index in [1.165, 1.54) is 83.5 Å².